The van der Waals surface area contributed by atoms with Crippen molar-refractivity contribution in [2.45, 2.75) is 31.3 Å². The van der Waals surface area contributed by atoms with E-state index in [1.807, 2.05) is 19.1 Å². The van der Waals surface area contributed by atoms with Crippen LogP contribution in [0.1, 0.15) is 36.8 Å². The molecule has 2 heterocycles. The second-order valence-corrected chi connectivity index (χ2v) is 5.53. The Morgan fingerprint density at radius 3 is 2.67 bits per heavy atom. The average molecular weight is 245 g/mol. The maximum absolute atomic E-state index is 12.1. The molecule has 2 aliphatic rings. The number of rotatable bonds is 0. The van der Waals surface area contributed by atoms with Crippen LogP contribution in [-0.4, -0.2) is 31.0 Å². The molecule has 1 fully saturated rings. The zero-order valence-electron chi connectivity index (χ0n) is 11.0. The van der Waals surface area contributed by atoms with E-state index in [1.165, 1.54) is 5.56 Å². The largest absolute Gasteiger partial charge is 0.454 e. The van der Waals surface area contributed by atoms with Crippen LogP contribution in [0.3, 0.4) is 0 Å². The fourth-order valence-corrected chi connectivity index (χ4v) is 3.10. The Morgan fingerprint density at radius 2 is 1.94 bits per heavy atom. The summed E-state index contributed by atoms with van der Waals surface area (Å²) in [4.78, 5) is 14.4. The Labute approximate surface area is 108 Å². The van der Waals surface area contributed by atoms with Crippen molar-refractivity contribution < 1.29 is 9.53 Å². The molecule has 3 nitrogen and oxygen atoms in total. The van der Waals surface area contributed by atoms with E-state index in [1.54, 1.807) is 0 Å². The Bertz CT molecular complexity index is 475. The molecule has 1 aromatic carbocycles. The molecule has 3 heteroatoms. The van der Waals surface area contributed by atoms with Crippen LogP contribution >= 0.6 is 0 Å². The number of likely N-dealkylation sites (tertiary alicyclic amines) is 1. The van der Waals surface area contributed by atoms with E-state index in [0.717, 1.165) is 31.5 Å². The molecule has 1 unspecified atom stereocenters. The molecule has 0 aromatic heterocycles. The predicted molar refractivity (Wildman–Crippen MR) is 69.4 cm³/mol. The first kappa shape index (κ1) is 11.7. The molecule has 0 radical (unpaired) electrons. The lowest BCUT2D eigenvalue weighted by atomic mass is 9.77. The number of hydrogen-bond donors (Lipinski definition) is 0. The number of ether oxygens (including phenoxy) is 1. The molecule has 1 aromatic rings. The van der Waals surface area contributed by atoms with Crippen molar-refractivity contribution >= 4 is 5.97 Å². The third-order valence-electron chi connectivity index (χ3n) is 4.36. The summed E-state index contributed by atoms with van der Waals surface area (Å²) in [6.07, 6.45) is 1.80. The smallest absolute Gasteiger partial charge is 0.314 e. The van der Waals surface area contributed by atoms with Gasteiger partial charge in [-0.15, -0.1) is 0 Å². The number of nitrogens with zero attached hydrogens (tertiary/aromatic N) is 1. The zero-order chi connectivity index (χ0) is 12.8. The van der Waals surface area contributed by atoms with Crippen LogP contribution in [-0.2, 0) is 15.1 Å². The van der Waals surface area contributed by atoms with Crippen molar-refractivity contribution in [3.63, 3.8) is 0 Å². The third-order valence-corrected chi connectivity index (χ3v) is 4.36. The molecule has 0 N–H and O–H groups in total. The summed E-state index contributed by atoms with van der Waals surface area (Å²) in [6, 6.07) is 8.26. The van der Waals surface area contributed by atoms with Gasteiger partial charge in [-0.2, -0.15) is 0 Å². The molecule has 1 saturated heterocycles. The highest BCUT2D eigenvalue weighted by atomic mass is 16.6. The number of hydrogen-bond acceptors (Lipinski definition) is 3. The number of fused-ring (bicyclic) bond motifs is 2. The number of esters is 1. The summed E-state index contributed by atoms with van der Waals surface area (Å²) < 4.78 is 5.84. The van der Waals surface area contributed by atoms with Crippen molar-refractivity contribution in [2.75, 3.05) is 20.1 Å². The summed E-state index contributed by atoms with van der Waals surface area (Å²) in [5, 5.41) is 0. The van der Waals surface area contributed by atoms with E-state index in [4.69, 9.17) is 4.74 Å². The molecule has 2 aliphatic heterocycles. The summed E-state index contributed by atoms with van der Waals surface area (Å²) >= 11 is 0. The van der Waals surface area contributed by atoms with Crippen molar-refractivity contribution in [1.29, 1.82) is 0 Å². The highest BCUT2D eigenvalue weighted by Gasteiger charge is 2.45. The minimum Gasteiger partial charge on any atom is -0.454 e. The summed E-state index contributed by atoms with van der Waals surface area (Å²) in [5.74, 6) is -0.204. The third kappa shape index (κ3) is 1.65. The minimum absolute atomic E-state index is 0.0711. The SMILES string of the molecule is CC1C(=O)OC2(CCN(C)CC2)c2ccccc21. The first-order valence-electron chi connectivity index (χ1n) is 6.63. The molecule has 18 heavy (non-hydrogen) atoms. The molecule has 0 bridgehead atoms. The molecule has 96 valence electrons. The van der Waals surface area contributed by atoms with Gasteiger partial charge in [0.2, 0.25) is 0 Å². The van der Waals surface area contributed by atoms with Gasteiger partial charge in [0.25, 0.3) is 0 Å². The lowest BCUT2D eigenvalue weighted by molar-refractivity contribution is -0.171. The molecular formula is C15H19NO2. The van der Waals surface area contributed by atoms with Gasteiger partial charge in [-0.1, -0.05) is 24.3 Å². The van der Waals surface area contributed by atoms with Crippen molar-refractivity contribution in [3.8, 4) is 0 Å². The molecule has 3 rings (SSSR count). The molecule has 0 saturated carbocycles. The first-order valence-corrected chi connectivity index (χ1v) is 6.63. The van der Waals surface area contributed by atoms with Crippen LogP contribution in [0.2, 0.25) is 0 Å². The molecule has 0 aliphatic carbocycles. The molecule has 1 spiro atoms. The predicted octanol–water partition coefficient (Wildman–Crippen LogP) is 2.27. The van der Waals surface area contributed by atoms with Gasteiger partial charge in [-0.05, 0) is 25.1 Å². The lowest BCUT2D eigenvalue weighted by Crippen LogP contribution is -2.47. The number of piperidine rings is 1. The van der Waals surface area contributed by atoms with Crippen LogP contribution in [0.4, 0.5) is 0 Å². The molecular weight excluding hydrogens is 226 g/mol. The van der Waals surface area contributed by atoms with E-state index in [-0.39, 0.29) is 17.5 Å². The standard InChI is InChI=1S/C15H19NO2/c1-11-12-5-3-4-6-13(12)15(18-14(11)17)7-9-16(2)10-8-15/h3-6,11H,7-10H2,1-2H3. The highest BCUT2D eigenvalue weighted by Crippen LogP contribution is 2.44. The van der Waals surface area contributed by atoms with Gasteiger partial charge in [0.1, 0.15) is 5.60 Å². The Morgan fingerprint density at radius 1 is 1.28 bits per heavy atom. The fraction of sp³-hybridized carbons (Fsp3) is 0.533. The summed E-state index contributed by atoms with van der Waals surface area (Å²) in [6.45, 7) is 3.90. The number of benzene rings is 1. The second kappa shape index (κ2) is 4.09. The van der Waals surface area contributed by atoms with Gasteiger partial charge in [-0.25, -0.2) is 0 Å². The van der Waals surface area contributed by atoms with Gasteiger partial charge in [0, 0.05) is 25.9 Å². The Hall–Kier alpha value is -1.35. The topological polar surface area (TPSA) is 29.5 Å². The lowest BCUT2D eigenvalue weighted by Gasteiger charge is -2.44. The maximum Gasteiger partial charge on any atom is 0.314 e. The van der Waals surface area contributed by atoms with E-state index in [2.05, 4.69) is 24.1 Å². The van der Waals surface area contributed by atoms with E-state index in [0.29, 0.717) is 0 Å². The highest BCUT2D eigenvalue weighted by molar-refractivity contribution is 5.81. The summed E-state index contributed by atoms with van der Waals surface area (Å²) in [5.41, 5.74) is 2.01. The van der Waals surface area contributed by atoms with Gasteiger partial charge in [0.05, 0.1) is 5.92 Å². The van der Waals surface area contributed by atoms with E-state index < -0.39 is 0 Å². The van der Waals surface area contributed by atoms with Crippen molar-refractivity contribution in [3.05, 3.63) is 35.4 Å². The van der Waals surface area contributed by atoms with Crippen LogP contribution in [0.5, 0.6) is 0 Å². The maximum atomic E-state index is 12.1. The van der Waals surface area contributed by atoms with Crippen LogP contribution in [0.25, 0.3) is 0 Å². The van der Waals surface area contributed by atoms with E-state index >= 15 is 0 Å². The summed E-state index contributed by atoms with van der Waals surface area (Å²) in [7, 11) is 2.12. The Kier molecular flexibility index (Phi) is 2.67. The quantitative estimate of drug-likeness (QED) is 0.657. The molecule has 1 atom stereocenters. The Balaban J connectivity index is 2.06. The van der Waals surface area contributed by atoms with E-state index in [9.17, 15) is 4.79 Å². The second-order valence-electron chi connectivity index (χ2n) is 5.53. The molecule has 0 amide bonds. The van der Waals surface area contributed by atoms with Crippen LogP contribution < -0.4 is 0 Å². The van der Waals surface area contributed by atoms with Crippen molar-refractivity contribution in [1.82, 2.24) is 4.90 Å². The number of carbonyl (C=O) groups excluding carboxylic acids is 1. The van der Waals surface area contributed by atoms with Crippen molar-refractivity contribution in [2.24, 2.45) is 0 Å². The minimum atomic E-state index is -0.368. The zero-order valence-corrected chi connectivity index (χ0v) is 11.0. The monoisotopic (exact) mass is 245 g/mol. The number of carbonyl (C=O) groups is 1. The normalized spacial score (nSPS) is 26.8. The van der Waals surface area contributed by atoms with Gasteiger partial charge < -0.3 is 9.64 Å². The van der Waals surface area contributed by atoms with Gasteiger partial charge in [-0.3, -0.25) is 4.79 Å². The van der Waals surface area contributed by atoms with Crippen LogP contribution in [0.15, 0.2) is 24.3 Å². The first-order chi connectivity index (χ1) is 8.62. The average Bonchev–Trinajstić information content (AvgIpc) is 2.40. The van der Waals surface area contributed by atoms with Crippen LogP contribution in [0, 0.1) is 0 Å². The fourth-order valence-electron chi connectivity index (χ4n) is 3.10. The van der Waals surface area contributed by atoms with Gasteiger partial charge in [0.15, 0.2) is 0 Å². The van der Waals surface area contributed by atoms with Gasteiger partial charge >= 0.3 is 5.97 Å².